The van der Waals surface area contributed by atoms with E-state index in [2.05, 4.69) is 4.74 Å². The summed E-state index contributed by atoms with van der Waals surface area (Å²) in [6, 6.07) is 1.19. The topological polar surface area (TPSA) is 26.3 Å². The van der Waals surface area contributed by atoms with Gasteiger partial charge in [-0.15, -0.1) is 0 Å². The molecule has 0 saturated carbocycles. The van der Waals surface area contributed by atoms with E-state index in [4.69, 9.17) is 0 Å². The molecule has 0 aliphatic rings. The number of alkyl halides is 6. The van der Waals surface area contributed by atoms with Gasteiger partial charge >= 0.3 is 18.3 Å². The number of rotatable bonds is 3. The number of ether oxygens (including phenoxy) is 1. The fourth-order valence-corrected chi connectivity index (χ4v) is 2.79. The number of esters is 1. The van der Waals surface area contributed by atoms with Crippen molar-refractivity contribution in [3.8, 4) is 0 Å². The Labute approximate surface area is 129 Å². The summed E-state index contributed by atoms with van der Waals surface area (Å²) in [5.41, 5.74) is -3.38. The van der Waals surface area contributed by atoms with Crippen LogP contribution in [0.25, 0.3) is 0 Å². The lowest BCUT2D eigenvalue weighted by Gasteiger charge is -2.18. The van der Waals surface area contributed by atoms with Gasteiger partial charge in [-0.2, -0.15) is 26.3 Å². The Hall–Kier alpha value is -1.00. The molecule has 2 nitrogen and oxygen atoms in total. The Bertz CT molecular complexity index is 536. The zero-order valence-electron chi connectivity index (χ0n) is 10.5. The Morgan fingerprint density at radius 2 is 1.71 bits per heavy atom. The van der Waals surface area contributed by atoms with E-state index >= 15 is 0 Å². The zero-order chi connectivity index (χ0) is 16.4. The lowest BCUT2D eigenvalue weighted by atomic mass is 10.0. The molecule has 1 rings (SSSR count). The summed E-state index contributed by atoms with van der Waals surface area (Å²) in [5.74, 6) is -0.932. The molecule has 0 N–H and O–H groups in total. The molecular formula is C12H9F6IO2. The van der Waals surface area contributed by atoms with Gasteiger partial charge in [-0.1, -0.05) is 6.07 Å². The van der Waals surface area contributed by atoms with Crippen LogP contribution in [0.1, 0.15) is 23.6 Å². The maximum absolute atomic E-state index is 13.0. The average molecular weight is 426 g/mol. The van der Waals surface area contributed by atoms with Crippen molar-refractivity contribution < 1.29 is 35.9 Å². The highest BCUT2D eigenvalue weighted by Crippen LogP contribution is 2.41. The molecule has 0 aliphatic heterocycles. The summed E-state index contributed by atoms with van der Waals surface area (Å²) in [5, 5.41) is 0. The second kappa shape index (κ2) is 6.41. The third kappa shape index (κ3) is 4.48. The smallest absolute Gasteiger partial charge is 0.417 e. The maximum atomic E-state index is 13.0. The van der Waals surface area contributed by atoms with Gasteiger partial charge < -0.3 is 4.74 Å². The monoisotopic (exact) mass is 426 g/mol. The summed E-state index contributed by atoms with van der Waals surface area (Å²) in [4.78, 5) is 11.3. The van der Waals surface area contributed by atoms with Crippen LogP contribution in [-0.2, 0) is 28.3 Å². The SMILES string of the molecule is CCOC(=O)Cc1ccc(C(F)(F)F)c(I)c1C(F)(F)F. The molecule has 0 radical (unpaired) electrons. The molecule has 0 unspecified atom stereocenters. The molecular weight excluding hydrogens is 417 g/mol. The van der Waals surface area contributed by atoms with E-state index in [-0.39, 0.29) is 6.61 Å². The summed E-state index contributed by atoms with van der Waals surface area (Å²) < 4.78 is 80.5. The minimum atomic E-state index is -5.00. The van der Waals surface area contributed by atoms with Crippen LogP contribution in [0, 0.1) is 3.57 Å². The Kier molecular flexibility index (Phi) is 5.51. The molecule has 0 atom stereocenters. The number of hydrogen-bond acceptors (Lipinski definition) is 2. The molecule has 1 aromatic carbocycles. The van der Waals surface area contributed by atoms with Gasteiger partial charge in [0.15, 0.2) is 0 Å². The van der Waals surface area contributed by atoms with Gasteiger partial charge in [0.25, 0.3) is 0 Å². The summed E-state index contributed by atoms with van der Waals surface area (Å²) in [6.07, 6.45) is -10.6. The molecule has 0 spiro atoms. The first-order valence-corrected chi connectivity index (χ1v) is 6.67. The van der Waals surface area contributed by atoms with Gasteiger partial charge in [-0.3, -0.25) is 4.79 Å². The third-order valence-corrected chi connectivity index (χ3v) is 3.58. The van der Waals surface area contributed by atoms with Crippen molar-refractivity contribution in [3.05, 3.63) is 32.4 Å². The molecule has 0 heterocycles. The first-order valence-electron chi connectivity index (χ1n) is 5.59. The largest absolute Gasteiger partial charge is 0.466 e. The van der Waals surface area contributed by atoms with Crippen molar-refractivity contribution in [2.75, 3.05) is 6.61 Å². The van der Waals surface area contributed by atoms with E-state index in [1.54, 1.807) is 0 Å². The molecule has 0 amide bonds. The molecule has 0 fully saturated rings. The van der Waals surface area contributed by atoms with E-state index < -0.39 is 45.0 Å². The van der Waals surface area contributed by atoms with E-state index in [0.717, 1.165) is 22.6 Å². The maximum Gasteiger partial charge on any atom is 0.417 e. The van der Waals surface area contributed by atoms with Crippen LogP contribution >= 0.6 is 22.6 Å². The van der Waals surface area contributed by atoms with Crippen molar-refractivity contribution in [1.82, 2.24) is 0 Å². The molecule has 9 heteroatoms. The second-order valence-corrected chi connectivity index (χ2v) is 5.02. The summed E-state index contributed by atoms with van der Waals surface area (Å²) in [6.45, 7) is 1.44. The Balaban J connectivity index is 3.40. The number of halogens is 7. The first-order chi connectivity index (χ1) is 9.48. The van der Waals surface area contributed by atoms with Crippen molar-refractivity contribution in [2.45, 2.75) is 25.7 Å². The Morgan fingerprint density at radius 3 is 2.14 bits per heavy atom. The van der Waals surface area contributed by atoms with Gasteiger partial charge in [-0.05, 0) is 41.1 Å². The third-order valence-electron chi connectivity index (χ3n) is 2.46. The van der Waals surface area contributed by atoms with Crippen LogP contribution in [-0.4, -0.2) is 12.6 Å². The van der Waals surface area contributed by atoms with E-state index in [0.29, 0.717) is 12.1 Å². The quantitative estimate of drug-likeness (QED) is 0.406. The predicted molar refractivity (Wildman–Crippen MR) is 69.5 cm³/mol. The lowest BCUT2D eigenvalue weighted by molar-refractivity contribution is -0.145. The van der Waals surface area contributed by atoms with Crippen molar-refractivity contribution in [3.63, 3.8) is 0 Å². The number of carbonyl (C=O) groups is 1. The summed E-state index contributed by atoms with van der Waals surface area (Å²) in [7, 11) is 0. The molecule has 0 aliphatic carbocycles. The van der Waals surface area contributed by atoms with Crippen LogP contribution in [0.5, 0.6) is 0 Å². The minimum Gasteiger partial charge on any atom is -0.466 e. The zero-order valence-corrected chi connectivity index (χ0v) is 12.7. The van der Waals surface area contributed by atoms with Gasteiger partial charge in [0.1, 0.15) is 0 Å². The minimum absolute atomic E-state index is 0.0298. The molecule has 21 heavy (non-hydrogen) atoms. The standard InChI is InChI=1S/C12H9F6IO2/c1-2-21-8(20)5-6-3-4-7(11(13,14)15)10(19)9(6)12(16,17)18/h3-4H,2,5H2,1H3. The normalized spacial score (nSPS) is 12.4. The molecule has 1 aromatic rings. The lowest BCUT2D eigenvalue weighted by Crippen LogP contribution is -2.19. The highest BCUT2D eigenvalue weighted by atomic mass is 127. The van der Waals surface area contributed by atoms with Crippen molar-refractivity contribution in [1.29, 1.82) is 0 Å². The molecule has 118 valence electrons. The van der Waals surface area contributed by atoms with Crippen molar-refractivity contribution >= 4 is 28.6 Å². The van der Waals surface area contributed by atoms with Crippen LogP contribution in [0.2, 0.25) is 0 Å². The summed E-state index contributed by atoms with van der Waals surface area (Å²) >= 11 is 0.993. The van der Waals surface area contributed by atoms with Gasteiger partial charge in [-0.25, -0.2) is 0 Å². The highest BCUT2D eigenvalue weighted by Gasteiger charge is 2.42. The van der Waals surface area contributed by atoms with Gasteiger partial charge in [0, 0.05) is 3.57 Å². The number of carbonyl (C=O) groups excluding carboxylic acids is 1. The predicted octanol–water partition coefficient (Wildman–Crippen LogP) is 4.43. The highest BCUT2D eigenvalue weighted by molar-refractivity contribution is 14.1. The first kappa shape index (κ1) is 18.1. The molecule has 0 aromatic heterocycles. The van der Waals surface area contributed by atoms with Crippen LogP contribution in [0.4, 0.5) is 26.3 Å². The van der Waals surface area contributed by atoms with E-state index in [1.807, 2.05) is 0 Å². The second-order valence-electron chi connectivity index (χ2n) is 3.94. The fourth-order valence-electron chi connectivity index (χ4n) is 1.66. The number of hydrogen-bond donors (Lipinski definition) is 0. The van der Waals surface area contributed by atoms with Gasteiger partial charge in [0.2, 0.25) is 0 Å². The van der Waals surface area contributed by atoms with E-state index in [1.165, 1.54) is 6.92 Å². The van der Waals surface area contributed by atoms with Crippen LogP contribution in [0.15, 0.2) is 12.1 Å². The van der Waals surface area contributed by atoms with Crippen LogP contribution in [0.3, 0.4) is 0 Å². The Morgan fingerprint density at radius 1 is 1.14 bits per heavy atom. The molecule has 0 bridgehead atoms. The molecule has 0 saturated heterocycles. The van der Waals surface area contributed by atoms with Crippen molar-refractivity contribution in [2.24, 2.45) is 0 Å². The van der Waals surface area contributed by atoms with Crippen LogP contribution < -0.4 is 0 Å². The fraction of sp³-hybridized carbons (Fsp3) is 0.417. The number of benzene rings is 1. The van der Waals surface area contributed by atoms with Gasteiger partial charge in [0.05, 0.1) is 24.2 Å². The van der Waals surface area contributed by atoms with E-state index in [9.17, 15) is 31.1 Å². The average Bonchev–Trinajstić information content (AvgIpc) is 2.25.